The molecule has 0 radical (unpaired) electrons. The normalized spacial score (nSPS) is 10.8. The molecule has 0 spiro atoms. The smallest absolute Gasteiger partial charge is 0.281 e. The van der Waals surface area contributed by atoms with E-state index in [0.29, 0.717) is 3.57 Å². The van der Waals surface area contributed by atoms with Crippen LogP contribution in [0.25, 0.3) is 0 Å². The number of anilines is 1. The third-order valence-corrected chi connectivity index (χ3v) is 2.36. The van der Waals surface area contributed by atoms with Crippen LogP contribution in [0.5, 0.6) is 0 Å². The first-order chi connectivity index (χ1) is 5.52. The van der Waals surface area contributed by atoms with Crippen molar-refractivity contribution in [2.75, 3.05) is 5.73 Å². The Balaban J connectivity index is 3.23. The summed E-state index contributed by atoms with van der Waals surface area (Å²) in [6, 6.07) is 1.37. The molecule has 0 aromatic carbocycles. The lowest BCUT2D eigenvalue weighted by molar-refractivity contribution is 0.146. The highest BCUT2D eigenvalue weighted by atomic mass is 127. The quantitative estimate of drug-likeness (QED) is 0.810. The average Bonchev–Trinajstić information content (AvgIpc) is 1.96. The Kier molecular flexibility index (Phi) is 3.05. The summed E-state index contributed by atoms with van der Waals surface area (Å²) in [4.78, 5) is 3.46. The largest absolute Gasteiger partial charge is 0.383 e. The molecule has 2 nitrogen and oxygen atoms in total. The minimum absolute atomic E-state index is 0.0522. The van der Waals surface area contributed by atoms with Crippen molar-refractivity contribution in [3.05, 3.63) is 20.4 Å². The van der Waals surface area contributed by atoms with Crippen molar-refractivity contribution in [3.8, 4) is 0 Å². The molecule has 0 aliphatic rings. The number of nitrogen functional groups attached to an aromatic ring is 1. The first-order valence-electron chi connectivity index (χ1n) is 2.92. The second-order valence-electron chi connectivity index (χ2n) is 2.02. The number of hydrogen-bond acceptors (Lipinski definition) is 2. The highest BCUT2D eigenvalue weighted by Gasteiger charge is 2.15. The molecule has 0 amide bonds. The highest BCUT2D eigenvalue weighted by molar-refractivity contribution is 14.1. The van der Waals surface area contributed by atoms with E-state index in [1.54, 1.807) is 0 Å². The molecule has 1 aromatic rings. The Morgan fingerprint density at radius 3 is 2.67 bits per heavy atom. The van der Waals surface area contributed by atoms with E-state index in [-0.39, 0.29) is 10.8 Å². The summed E-state index contributed by atoms with van der Waals surface area (Å²) < 4.78 is 24.8. The van der Waals surface area contributed by atoms with Crippen LogP contribution in [-0.4, -0.2) is 4.98 Å². The van der Waals surface area contributed by atoms with Crippen molar-refractivity contribution >= 4 is 40.0 Å². The Labute approximate surface area is 86.3 Å². The first kappa shape index (κ1) is 9.91. The van der Waals surface area contributed by atoms with Crippen molar-refractivity contribution in [2.24, 2.45) is 0 Å². The van der Waals surface area contributed by atoms with E-state index in [9.17, 15) is 8.78 Å². The van der Waals surface area contributed by atoms with Crippen LogP contribution in [0.4, 0.5) is 14.6 Å². The molecule has 0 atom stereocenters. The molecule has 6 heteroatoms. The molecule has 0 aliphatic heterocycles. The van der Waals surface area contributed by atoms with Crippen molar-refractivity contribution in [3.63, 3.8) is 0 Å². The number of hydrogen-bond donors (Lipinski definition) is 1. The molecule has 0 bridgehead atoms. The maximum absolute atomic E-state index is 12.1. The van der Waals surface area contributed by atoms with E-state index in [1.807, 2.05) is 22.6 Å². The predicted octanol–water partition coefficient (Wildman–Crippen LogP) is 2.86. The molecule has 1 rings (SSSR count). The minimum atomic E-state index is -2.68. The fourth-order valence-electron chi connectivity index (χ4n) is 0.649. The van der Waals surface area contributed by atoms with Crippen LogP contribution in [0.3, 0.4) is 0 Å². The molecule has 2 N–H and O–H groups in total. The summed E-state index contributed by atoms with van der Waals surface area (Å²) in [5, 5.41) is -0.0522. The van der Waals surface area contributed by atoms with Crippen molar-refractivity contribution in [1.29, 1.82) is 0 Å². The van der Waals surface area contributed by atoms with Gasteiger partial charge in [0.25, 0.3) is 6.43 Å². The standard InChI is InChI=1S/C6H4ClF2IN2/c7-2-1-3(10)6(11)12-4(2)5(8)9/h1,5H,(H2,11,12). The van der Waals surface area contributed by atoms with Gasteiger partial charge in [0, 0.05) is 0 Å². The molecule has 0 saturated carbocycles. The van der Waals surface area contributed by atoms with Gasteiger partial charge in [-0.05, 0) is 28.7 Å². The van der Waals surface area contributed by atoms with E-state index in [2.05, 4.69) is 4.98 Å². The lowest BCUT2D eigenvalue weighted by Gasteiger charge is -2.04. The van der Waals surface area contributed by atoms with Gasteiger partial charge >= 0.3 is 0 Å². The van der Waals surface area contributed by atoms with Crippen LogP contribution in [0.1, 0.15) is 12.1 Å². The number of halogens is 4. The highest BCUT2D eigenvalue weighted by Crippen LogP contribution is 2.28. The van der Waals surface area contributed by atoms with Crippen molar-refractivity contribution in [1.82, 2.24) is 4.98 Å². The molecule has 1 heterocycles. The average molecular weight is 304 g/mol. The first-order valence-corrected chi connectivity index (χ1v) is 4.37. The maximum atomic E-state index is 12.1. The van der Waals surface area contributed by atoms with Gasteiger partial charge in [-0.25, -0.2) is 13.8 Å². The van der Waals surface area contributed by atoms with E-state index in [0.717, 1.165) is 0 Å². The van der Waals surface area contributed by atoms with E-state index in [4.69, 9.17) is 17.3 Å². The lowest BCUT2D eigenvalue weighted by Crippen LogP contribution is -1.99. The molecule has 66 valence electrons. The Hall–Kier alpha value is -0.170. The Bertz CT molecular complexity index is 306. The Morgan fingerprint density at radius 2 is 2.17 bits per heavy atom. The molecule has 0 aliphatic carbocycles. The zero-order valence-corrected chi connectivity index (χ0v) is 8.60. The number of rotatable bonds is 1. The molecular formula is C6H4ClF2IN2. The Morgan fingerprint density at radius 1 is 1.58 bits per heavy atom. The lowest BCUT2D eigenvalue weighted by atomic mass is 10.3. The SMILES string of the molecule is Nc1nc(C(F)F)c(Cl)cc1I. The van der Waals surface area contributed by atoms with Gasteiger partial charge in [-0.15, -0.1) is 0 Å². The second kappa shape index (κ2) is 3.69. The zero-order valence-electron chi connectivity index (χ0n) is 5.69. The van der Waals surface area contributed by atoms with Gasteiger partial charge in [0.2, 0.25) is 0 Å². The van der Waals surface area contributed by atoms with Gasteiger partial charge in [-0.1, -0.05) is 11.6 Å². The predicted molar refractivity (Wildman–Crippen MR) is 51.3 cm³/mol. The van der Waals surface area contributed by atoms with Crippen LogP contribution < -0.4 is 5.73 Å². The van der Waals surface area contributed by atoms with Gasteiger partial charge in [0.1, 0.15) is 11.5 Å². The summed E-state index contributed by atoms with van der Waals surface area (Å²) in [5.41, 5.74) is 4.85. The van der Waals surface area contributed by atoms with Gasteiger partial charge in [0.05, 0.1) is 8.59 Å². The van der Waals surface area contributed by atoms with Gasteiger partial charge in [0.15, 0.2) is 0 Å². The maximum Gasteiger partial charge on any atom is 0.281 e. The fourth-order valence-corrected chi connectivity index (χ4v) is 1.50. The zero-order chi connectivity index (χ0) is 9.30. The van der Waals surface area contributed by atoms with Gasteiger partial charge in [-0.2, -0.15) is 0 Å². The number of alkyl halides is 2. The van der Waals surface area contributed by atoms with Crippen LogP contribution in [0.2, 0.25) is 5.02 Å². The molecule has 0 unspecified atom stereocenters. The number of nitrogens with zero attached hydrogens (tertiary/aromatic N) is 1. The van der Waals surface area contributed by atoms with E-state index in [1.165, 1.54) is 6.07 Å². The summed E-state index contributed by atoms with van der Waals surface area (Å²) in [6.45, 7) is 0. The molecule has 12 heavy (non-hydrogen) atoms. The fraction of sp³-hybridized carbons (Fsp3) is 0.167. The molecular weight excluding hydrogens is 300 g/mol. The van der Waals surface area contributed by atoms with Gasteiger partial charge < -0.3 is 5.73 Å². The minimum Gasteiger partial charge on any atom is -0.383 e. The third-order valence-electron chi connectivity index (χ3n) is 1.19. The van der Waals surface area contributed by atoms with Crippen molar-refractivity contribution in [2.45, 2.75) is 6.43 Å². The molecule has 0 saturated heterocycles. The second-order valence-corrected chi connectivity index (χ2v) is 3.59. The topological polar surface area (TPSA) is 38.9 Å². The van der Waals surface area contributed by atoms with Crippen LogP contribution in [-0.2, 0) is 0 Å². The summed E-state index contributed by atoms with van der Waals surface area (Å²) in [6.07, 6.45) is -2.68. The van der Waals surface area contributed by atoms with Crippen LogP contribution in [0.15, 0.2) is 6.07 Å². The van der Waals surface area contributed by atoms with Crippen molar-refractivity contribution < 1.29 is 8.78 Å². The van der Waals surface area contributed by atoms with E-state index >= 15 is 0 Å². The monoisotopic (exact) mass is 304 g/mol. The van der Waals surface area contributed by atoms with Crippen LogP contribution >= 0.6 is 34.2 Å². The van der Waals surface area contributed by atoms with Gasteiger partial charge in [-0.3, -0.25) is 0 Å². The molecule has 1 aromatic heterocycles. The number of nitrogens with two attached hydrogens (primary N) is 1. The molecule has 0 fully saturated rings. The third kappa shape index (κ3) is 1.95. The number of aromatic nitrogens is 1. The summed E-state index contributed by atoms with van der Waals surface area (Å²) in [5.74, 6) is 0.0790. The number of pyridine rings is 1. The summed E-state index contributed by atoms with van der Waals surface area (Å²) in [7, 11) is 0. The summed E-state index contributed by atoms with van der Waals surface area (Å²) >= 11 is 7.37. The van der Waals surface area contributed by atoms with E-state index < -0.39 is 12.1 Å². The van der Waals surface area contributed by atoms with Crippen LogP contribution in [0, 0.1) is 3.57 Å².